The first kappa shape index (κ1) is 67.5. The number of carbonyl (C=O) groups excluding carboxylic acids is 6. The summed E-state index contributed by atoms with van der Waals surface area (Å²) in [7, 11) is 3.46. The highest BCUT2D eigenvalue weighted by Crippen LogP contribution is 2.25. The van der Waals surface area contributed by atoms with Crippen molar-refractivity contribution < 1.29 is 67.5 Å². The summed E-state index contributed by atoms with van der Waals surface area (Å²) in [6.45, 7) is 2.19. The molecule has 6 aromatic rings. The molecule has 0 aromatic heterocycles. The lowest BCUT2D eigenvalue weighted by Crippen LogP contribution is -2.35. The van der Waals surface area contributed by atoms with Crippen LogP contribution in [0.2, 0.25) is 0 Å². The van der Waals surface area contributed by atoms with Crippen LogP contribution in [0.5, 0.6) is 34.5 Å². The maximum Gasteiger partial charge on any atom is 0.318 e. The van der Waals surface area contributed by atoms with Gasteiger partial charge in [0, 0.05) is 33.4 Å². The fraction of sp³-hybridized carbons (Fsp3) is 0.267. The Morgan fingerprint density at radius 2 is 0.671 bits per heavy atom. The number of ether oxygens (including phenoxy) is 4. The topological polar surface area (TPSA) is 293 Å². The van der Waals surface area contributed by atoms with Gasteiger partial charge in [-0.05, 0) is 132 Å². The molecule has 0 saturated heterocycles. The molecule has 0 spiro atoms. The third-order valence-electron chi connectivity index (χ3n) is 10.5. The monoisotopic (exact) mass is 1090 g/mol. The lowest BCUT2D eigenvalue weighted by molar-refractivity contribution is -0.143. The molecule has 0 saturated carbocycles. The zero-order valence-electron chi connectivity index (χ0n) is 42.3. The number of carboxylic acid groups (broad SMARTS) is 2. The highest BCUT2D eigenvalue weighted by atomic mass is 16.5. The minimum Gasteiger partial charge on any atom is -0.481 e. The van der Waals surface area contributed by atoms with E-state index in [1.165, 1.54) is 0 Å². The summed E-state index contributed by atoms with van der Waals surface area (Å²) < 4.78 is 22.1. The second kappa shape index (κ2) is 35.7. The highest BCUT2D eigenvalue weighted by molar-refractivity contribution is 5.94. The molecule has 6 aromatic carbocycles. The summed E-state index contributed by atoms with van der Waals surface area (Å²) in [6, 6.07) is 41.5. The van der Waals surface area contributed by atoms with Crippen LogP contribution >= 0.6 is 0 Å². The zero-order chi connectivity index (χ0) is 55.4. The summed E-state index contributed by atoms with van der Waals surface area (Å²) in [4.78, 5) is 89.8. The van der Waals surface area contributed by atoms with Gasteiger partial charge in [-0.3, -0.25) is 39.4 Å². The van der Waals surface area contributed by atoms with E-state index in [-0.39, 0.29) is 59.8 Å². The van der Waals surface area contributed by atoms with Crippen LogP contribution in [0.15, 0.2) is 146 Å². The van der Waals surface area contributed by atoms with Gasteiger partial charge in [0.2, 0.25) is 17.7 Å². The number of rotatable bonds is 22. The van der Waals surface area contributed by atoms with Crippen LogP contribution in [0.4, 0.5) is 9.59 Å². The number of esters is 1. The van der Waals surface area contributed by atoms with Crippen LogP contribution in [0.1, 0.15) is 81.8 Å². The molecule has 79 heavy (non-hydrogen) atoms. The number of hydrogen-bond acceptors (Lipinski definition) is 12. The molecule has 0 radical (unpaired) electrons. The first-order valence-electron chi connectivity index (χ1n) is 23.9. The number of primary amides is 2. The molecule has 19 heteroatoms. The van der Waals surface area contributed by atoms with Gasteiger partial charge in [0.15, 0.2) is 0 Å². The molecule has 6 rings (SSSR count). The molecule has 0 heterocycles. The van der Waals surface area contributed by atoms with Gasteiger partial charge in [-0.15, -0.1) is 0 Å². The van der Waals surface area contributed by atoms with Gasteiger partial charge in [0.25, 0.3) is 0 Å². The molecule has 422 valence electrons. The zero-order valence-corrected chi connectivity index (χ0v) is 42.3. The number of nitrogens with two attached hydrogens (primary N) is 2. The number of amides is 7. The maximum absolute atomic E-state index is 11.7. The predicted octanol–water partition coefficient (Wildman–Crippen LogP) is 9.98. The number of nitrogens with zero attached hydrogens (tertiary/aromatic N) is 1. The lowest BCUT2D eigenvalue weighted by atomic mass is 10.1. The van der Waals surface area contributed by atoms with Crippen molar-refractivity contribution in [2.24, 2.45) is 11.5 Å². The SMILES string of the molecule is C.C.C.CCOC(=O)CCc1ccc(Oc2ccc(CC(=O)O)cc2)cc1.CN(C)C(=O)Cc1ccc(Oc2ccc(CCC(=O)NC(N)=O)cc2)cc1.NC(=O)NC(=O)CCc1ccc(Oc2ccc(CC(=O)O)cc2)cc1. The molecule has 0 aliphatic heterocycles. The second-order valence-corrected chi connectivity index (χ2v) is 16.9. The number of urea groups is 2. The van der Waals surface area contributed by atoms with Crippen LogP contribution < -0.4 is 36.3 Å². The second-order valence-electron chi connectivity index (χ2n) is 16.9. The van der Waals surface area contributed by atoms with Gasteiger partial charge >= 0.3 is 30.0 Å². The van der Waals surface area contributed by atoms with Crippen molar-refractivity contribution >= 4 is 47.7 Å². The van der Waals surface area contributed by atoms with Crippen LogP contribution in [-0.2, 0) is 72.0 Å². The van der Waals surface area contributed by atoms with Crippen molar-refractivity contribution in [1.29, 1.82) is 0 Å². The van der Waals surface area contributed by atoms with Crippen LogP contribution in [0, 0.1) is 0 Å². The van der Waals surface area contributed by atoms with E-state index in [9.17, 15) is 38.4 Å². The maximum atomic E-state index is 11.7. The Kier molecular flexibility index (Phi) is 30.5. The molecule has 8 N–H and O–H groups in total. The number of carbonyl (C=O) groups is 8. The van der Waals surface area contributed by atoms with Crippen molar-refractivity contribution in [3.8, 4) is 34.5 Å². The first-order valence-corrected chi connectivity index (χ1v) is 23.9. The van der Waals surface area contributed by atoms with Gasteiger partial charge in [0.1, 0.15) is 34.5 Å². The molecule has 0 unspecified atom stereocenters. The van der Waals surface area contributed by atoms with Gasteiger partial charge in [0.05, 0.1) is 25.9 Å². The highest BCUT2D eigenvalue weighted by Gasteiger charge is 2.10. The quantitative estimate of drug-likeness (QED) is 0.0345. The lowest BCUT2D eigenvalue weighted by Gasteiger charge is -2.11. The summed E-state index contributed by atoms with van der Waals surface area (Å²) in [5.74, 6) is 1.16. The van der Waals surface area contributed by atoms with Crippen molar-refractivity contribution in [3.63, 3.8) is 0 Å². The van der Waals surface area contributed by atoms with Crippen molar-refractivity contribution in [3.05, 3.63) is 179 Å². The van der Waals surface area contributed by atoms with E-state index < -0.39 is 35.8 Å². The number of imide groups is 2. The molecule has 0 aliphatic rings. The Labute approximate surface area is 461 Å². The number of aryl methyl sites for hydroxylation is 3. The van der Waals surface area contributed by atoms with E-state index in [0.29, 0.717) is 78.8 Å². The molecule has 0 atom stereocenters. The van der Waals surface area contributed by atoms with E-state index in [0.717, 1.165) is 27.8 Å². The first-order chi connectivity index (χ1) is 36.3. The third kappa shape index (κ3) is 27.7. The van der Waals surface area contributed by atoms with Gasteiger partial charge in [-0.25, -0.2) is 9.59 Å². The fourth-order valence-electron chi connectivity index (χ4n) is 6.68. The van der Waals surface area contributed by atoms with E-state index in [4.69, 9.17) is 40.6 Å². The Morgan fingerprint density at radius 1 is 0.418 bits per heavy atom. The Balaban J connectivity index is 0.000000582. The average Bonchev–Trinajstić information content (AvgIpc) is 3.37. The molecule has 7 amide bonds. The minimum absolute atomic E-state index is 0. The van der Waals surface area contributed by atoms with E-state index in [2.05, 4.69) is 0 Å². The number of likely N-dealkylation sites (N-methyl/N-ethyl adjacent to an activating group) is 1. The van der Waals surface area contributed by atoms with Gasteiger partial charge in [-0.2, -0.15) is 0 Å². The number of hydrogen-bond donors (Lipinski definition) is 6. The van der Waals surface area contributed by atoms with E-state index in [1.807, 2.05) is 95.6 Å². The number of carboxylic acids is 2. The summed E-state index contributed by atoms with van der Waals surface area (Å²) in [5, 5.41) is 21.5. The average molecular weight is 1090 g/mol. The van der Waals surface area contributed by atoms with Crippen LogP contribution in [-0.4, -0.2) is 83.5 Å². The smallest absolute Gasteiger partial charge is 0.318 e. The summed E-state index contributed by atoms with van der Waals surface area (Å²) in [5.41, 5.74) is 15.0. The van der Waals surface area contributed by atoms with Gasteiger partial charge < -0.3 is 45.5 Å². The fourth-order valence-corrected chi connectivity index (χ4v) is 6.68. The predicted molar refractivity (Wildman–Crippen MR) is 301 cm³/mol. The molecular formula is C60H73N5O14. The molecule has 0 fully saturated rings. The van der Waals surface area contributed by atoms with Crippen LogP contribution in [0.3, 0.4) is 0 Å². The molecule has 0 bridgehead atoms. The third-order valence-corrected chi connectivity index (χ3v) is 10.5. The minimum atomic E-state index is -0.881. The largest absolute Gasteiger partial charge is 0.481 e. The normalized spacial score (nSPS) is 9.76. The number of nitrogens with one attached hydrogen (secondary N) is 2. The number of benzene rings is 6. The molecule has 19 nitrogen and oxygen atoms in total. The Hall–Kier alpha value is -9.52. The standard InChI is InChI=1S/C20H23N3O4.C19H20O5.C18H18N2O5.3CH4/c1-23(2)19(25)13-15-5-10-17(11-6-15)27-16-8-3-14(4-9-16)7-12-18(24)22-20(21)26;1-2-23-19(22)12-7-14-3-8-16(9-4-14)24-17-10-5-15(6-11-17)13-18(20)21;19-18(24)20-16(21)10-5-12-1-6-14(7-2-12)25-15-8-3-13(4-9-15)11-17(22)23;;;/h3-6,8-11H,7,12-13H2,1-2H3,(H3,21,22,24,26);3-6,8-11H,2,7,12-13H2,1H3,(H,20,21);1-4,6-9H,5,10-11H2,(H,22,23)(H3,19,20,21,24);3*1H4. The van der Waals surface area contributed by atoms with Gasteiger partial charge in [-0.1, -0.05) is 95.1 Å². The molecule has 0 aliphatic carbocycles. The van der Waals surface area contributed by atoms with E-state index >= 15 is 0 Å². The summed E-state index contributed by atoms with van der Waals surface area (Å²) >= 11 is 0. The summed E-state index contributed by atoms with van der Waals surface area (Å²) in [6.07, 6.45) is 2.61. The molecular weight excluding hydrogens is 1010 g/mol. The van der Waals surface area contributed by atoms with Crippen molar-refractivity contribution in [2.75, 3.05) is 20.7 Å². The van der Waals surface area contributed by atoms with Crippen molar-refractivity contribution in [1.82, 2.24) is 15.5 Å². The van der Waals surface area contributed by atoms with Crippen molar-refractivity contribution in [2.45, 2.75) is 87.0 Å². The Bertz CT molecular complexity index is 2860. The van der Waals surface area contributed by atoms with E-state index in [1.54, 1.807) is 86.6 Å². The number of aliphatic carboxylic acids is 2. The van der Waals surface area contributed by atoms with Crippen LogP contribution in [0.25, 0.3) is 0 Å². The Morgan fingerprint density at radius 3 is 0.911 bits per heavy atom.